The molecule has 1 saturated heterocycles. The third-order valence-electron chi connectivity index (χ3n) is 4.97. The van der Waals surface area contributed by atoms with Crippen molar-refractivity contribution in [3.8, 4) is 11.4 Å². The molecule has 3 aromatic heterocycles. The summed E-state index contributed by atoms with van der Waals surface area (Å²) in [6.45, 7) is 7.83. The van der Waals surface area contributed by atoms with Gasteiger partial charge >= 0.3 is 0 Å². The minimum absolute atomic E-state index is 0.0603. The van der Waals surface area contributed by atoms with Crippen LogP contribution in [0.1, 0.15) is 39.3 Å². The Bertz CT molecular complexity index is 1000. The average molecular weight is 386 g/mol. The predicted molar refractivity (Wildman–Crippen MR) is 104 cm³/mol. The van der Waals surface area contributed by atoms with E-state index >= 15 is 0 Å². The topological polar surface area (TPSA) is 67.1 Å². The van der Waals surface area contributed by atoms with Gasteiger partial charge in [-0.2, -0.15) is 0 Å². The molecule has 0 saturated carbocycles. The number of nitrogens with zero attached hydrogens (tertiary/aromatic N) is 4. The van der Waals surface area contributed by atoms with Crippen molar-refractivity contribution in [2.45, 2.75) is 45.1 Å². The smallest absolute Gasteiger partial charge is 0.168 e. The Hall–Kier alpha value is -2.61. The molecule has 148 valence electrons. The first-order valence-electron chi connectivity index (χ1n) is 9.50. The van der Waals surface area contributed by atoms with E-state index in [2.05, 4.69) is 46.4 Å². The predicted octanol–water partition coefficient (Wildman–Crippen LogP) is 3.53. The average Bonchev–Trinajstić information content (AvgIpc) is 3.07. The first-order valence-corrected chi connectivity index (χ1v) is 9.50. The third kappa shape index (κ3) is 3.56. The van der Waals surface area contributed by atoms with E-state index in [9.17, 15) is 8.78 Å². The molecule has 0 aromatic carbocycles. The molecule has 3 aromatic rings. The lowest BCUT2D eigenvalue weighted by atomic mass is 9.93. The summed E-state index contributed by atoms with van der Waals surface area (Å²) in [5.74, 6) is -1.36. The van der Waals surface area contributed by atoms with Crippen molar-refractivity contribution in [2.75, 3.05) is 18.4 Å². The number of fused-ring (bicyclic) bond motifs is 1. The Morgan fingerprint density at radius 2 is 2.00 bits per heavy atom. The number of nitrogens with one attached hydrogen (secondary N) is 2. The number of pyridine rings is 1. The summed E-state index contributed by atoms with van der Waals surface area (Å²) < 4.78 is 30.7. The van der Waals surface area contributed by atoms with Crippen LogP contribution in [0.25, 0.3) is 17.0 Å². The fraction of sp³-hybridized carbons (Fsp3) is 0.450. The number of rotatable bonds is 3. The second-order valence-electron chi connectivity index (χ2n) is 8.23. The van der Waals surface area contributed by atoms with Gasteiger partial charge in [0, 0.05) is 30.3 Å². The maximum Gasteiger partial charge on any atom is 0.168 e. The lowest BCUT2D eigenvalue weighted by Gasteiger charge is -2.24. The van der Waals surface area contributed by atoms with Crippen LogP contribution >= 0.6 is 0 Å². The van der Waals surface area contributed by atoms with E-state index in [1.165, 1.54) is 0 Å². The molecule has 1 atom stereocenters. The molecular weight excluding hydrogens is 362 g/mol. The van der Waals surface area contributed by atoms with Gasteiger partial charge in [-0.25, -0.2) is 18.7 Å². The van der Waals surface area contributed by atoms with Gasteiger partial charge in [0.05, 0.1) is 23.8 Å². The van der Waals surface area contributed by atoms with Gasteiger partial charge in [0.15, 0.2) is 23.1 Å². The molecular formula is C20H24F2N6. The Morgan fingerprint density at radius 3 is 2.71 bits per heavy atom. The Labute approximate surface area is 162 Å². The van der Waals surface area contributed by atoms with Crippen molar-refractivity contribution in [1.82, 2.24) is 24.7 Å². The number of halogens is 2. The highest BCUT2D eigenvalue weighted by Crippen LogP contribution is 2.28. The molecule has 28 heavy (non-hydrogen) atoms. The monoisotopic (exact) mass is 386 g/mol. The Morgan fingerprint density at radius 1 is 1.18 bits per heavy atom. The van der Waals surface area contributed by atoms with Crippen molar-refractivity contribution < 1.29 is 8.78 Å². The minimum Gasteiger partial charge on any atom is -0.364 e. The standard InChI is InChI=1S/C20H24F2N6/c1-20(2,3)16-11-28-15(9-25-17(28)10-24-16)18-13(21)7-14(22)19(27-18)26-12-5-4-6-23-8-12/h7,9-12,23H,4-6,8H2,1-3H3,(H,26,27)/t12-/m1/s1. The van der Waals surface area contributed by atoms with Gasteiger partial charge in [-0.1, -0.05) is 20.8 Å². The fourth-order valence-corrected chi connectivity index (χ4v) is 3.37. The highest BCUT2D eigenvalue weighted by Gasteiger charge is 2.22. The first kappa shape index (κ1) is 18.7. The van der Waals surface area contributed by atoms with Crippen molar-refractivity contribution in [2.24, 2.45) is 0 Å². The molecule has 0 unspecified atom stereocenters. The van der Waals surface area contributed by atoms with Crippen molar-refractivity contribution in [3.05, 3.63) is 42.0 Å². The van der Waals surface area contributed by atoms with E-state index in [4.69, 9.17) is 0 Å². The molecule has 2 N–H and O–H groups in total. The molecule has 0 aliphatic carbocycles. The molecule has 0 amide bonds. The molecule has 0 spiro atoms. The molecule has 6 nitrogen and oxygen atoms in total. The second kappa shape index (κ2) is 7.09. The quantitative estimate of drug-likeness (QED) is 0.721. The van der Waals surface area contributed by atoms with Crippen LogP contribution in [0.15, 0.2) is 24.7 Å². The Balaban J connectivity index is 1.77. The van der Waals surface area contributed by atoms with Gasteiger partial charge in [-0.15, -0.1) is 0 Å². The first-order chi connectivity index (χ1) is 13.3. The van der Waals surface area contributed by atoms with E-state index in [1.807, 2.05) is 6.20 Å². The summed E-state index contributed by atoms with van der Waals surface area (Å²) in [6.07, 6.45) is 6.94. The van der Waals surface area contributed by atoms with Crippen molar-refractivity contribution in [3.63, 3.8) is 0 Å². The van der Waals surface area contributed by atoms with E-state index in [0.717, 1.165) is 37.7 Å². The van der Waals surface area contributed by atoms with Gasteiger partial charge in [-0.05, 0) is 19.4 Å². The zero-order chi connectivity index (χ0) is 19.9. The third-order valence-corrected chi connectivity index (χ3v) is 4.97. The van der Waals surface area contributed by atoms with E-state index in [1.54, 1.807) is 16.8 Å². The molecule has 1 fully saturated rings. The largest absolute Gasteiger partial charge is 0.364 e. The summed E-state index contributed by atoms with van der Waals surface area (Å²) in [7, 11) is 0. The number of hydrogen-bond acceptors (Lipinski definition) is 5. The summed E-state index contributed by atoms with van der Waals surface area (Å²) in [4.78, 5) is 13.0. The van der Waals surface area contributed by atoms with E-state index in [-0.39, 0.29) is 23.0 Å². The van der Waals surface area contributed by atoms with Crippen molar-refractivity contribution in [1.29, 1.82) is 0 Å². The minimum atomic E-state index is -0.722. The van der Waals surface area contributed by atoms with Crippen LogP contribution in [0.2, 0.25) is 0 Å². The molecule has 1 aliphatic heterocycles. The van der Waals surface area contributed by atoms with Crippen LogP contribution in [-0.2, 0) is 5.41 Å². The maximum absolute atomic E-state index is 14.6. The summed E-state index contributed by atoms with van der Waals surface area (Å²) in [5, 5.41) is 6.37. The van der Waals surface area contributed by atoms with Gasteiger partial charge in [0.25, 0.3) is 0 Å². The van der Waals surface area contributed by atoms with Gasteiger partial charge < -0.3 is 10.6 Å². The van der Waals surface area contributed by atoms with Crippen LogP contribution in [0.3, 0.4) is 0 Å². The maximum atomic E-state index is 14.6. The zero-order valence-electron chi connectivity index (χ0n) is 16.3. The number of imidazole rings is 1. The molecule has 4 heterocycles. The lowest BCUT2D eigenvalue weighted by molar-refractivity contribution is 0.475. The second-order valence-corrected chi connectivity index (χ2v) is 8.23. The molecule has 1 aliphatic rings. The van der Waals surface area contributed by atoms with Crippen LogP contribution in [0.5, 0.6) is 0 Å². The lowest BCUT2D eigenvalue weighted by Crippen LogP contribution is -2.38. The van der Waals surface area contributed by atoms with Gasteiger partial charge in [-0.3, -0.25) is 9.38 Å². The van der Waals surface area contributed by atoms with Crippen LogP contribution in [0, 0.1) is 11.6 Å². The van der Waals surface area contributed by atoms with Crippen LogP contribution in [-0.4, -0.2) is 38.5 Å². The highest BCUT2D eigenvalue weighted by molar-refractivity contribution is 5.62. The highest BCUT2D eigenvalue weighted by atomic mass is 19.1. The van der Waals surface area contributed by atoms with E-state index < -0.39 is 11.6 Å². The summed E-state index contributed by atoms with van der Waals surface area (Å²) in [5.41, 5.74) is 1.77. The van der Waals surface area contributed by atoms with E-state index in [0.29, 0.717) is 11.3 Å². The normalized spacial score (nSPS) is 17.8. The van der Waals surface area contributed by atoms with Crippen LogP contribution in [0.4, 0.5) is 14.6 Å². The summed E-state index contributed by atoms with van der Waals surface area (Å²) >= 11 is 0. The molecule has 8 heteroatoms. The number of hydrogen-bond donors (Lipinski definition) is 2. The fourth-order valence-electron chi connectivity index (χ4n) is 3.37. The van der Waals surface area contributed by atoms with Crippen LogP contribution < -0.4 is 10.6 Å². The Kier molecular flexibility index (Phi) is 4.74. The van der Waals surface area contributed by atoms with Crippen molar-refractivity contribution >= 4 is 11.5 Å². The number of anilines is 1. The van der Waals surface area contributed by atoms with Gasteiger partial charge in [0.2, 0.25) is 0 Å². The number of aromatic nitrogens is 4. The molecule has 0 radical (unpaired) electrons. The zero-order valence-corrected chi connectivity index (χ0v) is 16.3. The number of piperidine rings is 1. The SMILES string of the molecule is CC(C)(C)c1cn2c(-c3nc(N[C@@H]4CCCNC4)c(F)cc3F)cnc2cn1. The molecule has 4 rings (SSSR count). The summed E-state index contributed by atoms with van der Waals surface area (Å²) in [6, 6.07) is 0.944. The van der Waals surface area contributed by atoms with Gasteiger partial charge in [0.1, 0.15) is 5.69 Å². The molecule has 0 bridgehead atoms.